The van der Waals surface area contributed by atoms with Crippen LogP contribution in [0.15, 0.2) is 5.38 Å². The Morgan fingerprint density at radius 1 is 1.43 bits per heavy atom. The largest absolute Gasteiger partial charge is 0.444 e. The third-order valence-corrected chi connectivity index (χ3v) is 5.08. The van der Waals surface area contributed by atoms with Gasteiger partial charge in [0.2, 0.25) is 0 Å². The van der Waals surface area contributed by atoms with Gasteiger partial charge >= 0.3 is 6.09 Å². The summed E-state index contributed by atoms with van der Waals surface area (Å²) in [5.41, 5.74) is 0.888. The van der Waals surface area contributed by atoms with E-state index in [2.05, 4.69) is 22.6 Å². The van der Waals surface area contributed by atoms with Gasteiger partial charge in [0.15, 0.2) is 0 Å². The molecule has 0 saturated carbocycles. The third kappa shape index (κ3) is 5.77. The molecule has 1 saturated heterocycles. The van der Waals surface area contributed by atoms with Crippen LogP contribution in [-0.4, -0.2) is 41.2 Å². The molecule has 0 unspecified atom stereocenters. The molecular formula is C17H29N3O2S. The normalized spacial score (nSPS) is 18.0. The fourth-order valence-electron chi connectivity index (χ4n) is 2.69. The van der Waals surface area contributed by atoms with E-state index in [1.807, 2.05) is 32.6 Å². The molecule has 6 heteroatoms. The van der Waals surface area contributed by atoms with E-state index < -0.39 is 5.60 Å². The Morgan fingerprint density at radius 2 is 2.09 bits per heavy atom. The molecule has 1 aromatic heterocycles. The van der Waals surface area contributed by atoms with Crippen molar-refractivity contribution in [3.05, 3.63) is 16.1 Å². The molecule has 1 aliphatic heterocycles. The molecule has 0 spiro atoms. The maximum atomic E-state index is 12.1. The summed E-state index contributed by atoms with van der Waals surface area (Å²) in [4.78, 5) is 18.4. The van der Waals surface area contributed by atoms with Gasteiger partial charge in [-0.05, 0) is 46.0 Å². The lowest BCUT2D eigenvalue weighted by Crippen LogP contribution is -2.47. The van der Waals surface area contributed by atoms with Gasteiger partial charge in [0.25, 0.3) is 0 Å². The summed E-state index contributed by atoms with van der Waals surface area (Å²) < 4.78 is 5.45. The van der Waals surface area contributed by atoms with Gasteiger partial charge in [-0.3, -0.25) is 0 Å². The number of nitrogens with one attached hydrogen (secondary N) is 1. The summed E-state index contributed by atoms with van der Waals surface area (Å²) in [5, 5.41) is 6.74. The minimum Gasteiger partial charge on any atom is -0.444 e. The van der Waals surface area contributed by atoms with Crippen LogP contribution in [0.25, 0.3) is 0 Å². The van der Waals surface area contributed by atoms with E-state index in [-0.39, 0.29) is 11.5 Å². The Hall–Kier alpha value is -1.14. The first-order valence-corrected chi connectivity index (χ1v) is 9.15. The second-order valence-corrected chi connectivity index (χ2v) is 8.71. The molecule has 1 N–H and O–H groups in total. The van der Waals surface area contributed by atoms with E-state index in [1.165, 1.54) is 0 Å². The number of carbonyl (C=O) groups excluding carboxylic acids is 1. The number of piperidine rings is 1. The molecule has 1 amide bonds. The van der Waals surface area contributed by atoms with Crippen molar-refractivity contribution in [3.63, 3.8) is 0 Å². The average Bonchev–Trinajstić information content (AvgIpc) is 2.83. The van der Waals surface area contributed by atoms with E-state index in [9.17, 15) is 4.79 Å². The average molecular weight is 340 g/mol. The number of aromatic nitrogens is 1. The molecule has 1 fully saturated rings. The number of thiazole rings is 1. The van der Waals surface area contributed by atoms with Gasteiger partial charge in [0.05, 0.1) is 0 Å². The van der Waals surface area contributed by atoms with Crippen LogP contribution in [0.4, 0.5) is 4.79 Å². The molecule has 0 bridgehead atoms. The molecule has 0 aromatic carbocycles. The van der Waals surface area contributed by atoms with Crippen LogP contribution in [0.2, 0.25) is 0 Å². The lowest BCUT2D eigenvalue weighted by atomic mass is 9.80. The molecule has 23 heavy (non-hydrogen) atoms. The van der Waals surface area contributed by atoms with Crippen molar-refractivity contribution in [2.24, 2.45) is 5.41 Å². The number of hydrogen-bond donors (Lipinski definition) is 1. The quantitative estimate of drug-likeness (QED) is 0.911. The number of likely N-dealkylation sites (tertiary alicyclic amines) is 1. The van der Waals surface area contributed by atoms with Gasteiger partial charge < -0.3 is 15.0 Å². The van der Waals surface area contributed by atoms with E-state index >= 15 is 0 Å². The molecule has 1 aromatic rings. The Morgan fingerprint density at radius 3 is 2.61 bits per heavy atom. The lowest BCUT2D eigenvalue weighted by Gasteiger charge is -2.39. The summed E-state index contributed by atoms with van der Waals surface area (Å²) >= 11 is 1.70. The van der Waals surface area contributed by atoms with E-state index in [0.29, 0.717) is 0 Å². The minimum atomic E-state index is -0.425. The van der Waals surface area contributed by atoms with Gasteiger partial charge in [-0.15, -0.1) is 11.3 Å². The minimum absolute atomic E-state index is 0.189. The Bertz CT molecular complexity index is 528. The maximum Gasteiger partial charge on any atom is 0.410 e. The van der Waals surface area contributed by atoms with Crippen molar-refractivity contribution in [1.82, 2.24) is 15.2 Å². The number of hydrogen-bond acceptors (Lipinski definition) is 5. The number of amides is 1. The van der Waals surface area contributed by atoms with Crippen molar-refractivity contribution >= 4 is 17.4 Å². The zero-order valence-electron chi connectivity index (χ0n) is 14.9. The van der Waals surface area contributed by atoms with E-state index in [1.54, 1.807) is 11.3 Å². The van der Waals surface area contributed by atoms with Crippen molar-refractivity contribution in [1.29, 1.82) is 0 Å². The highest BCUT2D eigenvalue weighted by Crippen LogP contribution is 2.31. The maximum absolute atomic E-state index is 12.1. The summed E-state index contributed by atoms with van der Waals surface area (Å²) in [6, 6.07) is 0. The molecule has 5 nitrogen and oxygen atoms in total. The standard InChI is InChI=1S/C17H29N3O2S/c1-13-11-23-14(19-13)10-18-12-17(5)6-8-20(9-7-17)15(21)22-16(2,3)4/h11,18H,6-10,12H2,1-5H3. The first-order valence-electron chi connectivity index (χ1n) is 8.27. The third-order valence-electron chi connectivity index (χ3n) is 4.12. The summed E-state index contributed by atoms with van der Waals surface area (Å²) in [6.45, 7) is 13.3. The summed E-state index contributed by atoms with van der Waals surface area (Å²) in [6.07, 6.45) is 1.80. The van der Waals surface area contributed by atoms with E-state index in [0.717, 1.165) is 49.7 Å². The monoisotopic (exact) mass is 339 g/mol. The van der Waals surface area contributed by atoms with Gasteiger partial charge in [-0.2, -0.15) is 0 Å². The van der Waals surface area contributed by atoms with E-state index in [4.69, 9.17) is 4.74 Å². The molecule has 2 heterocycles. The molecule has 130 valence electrons. The molecular weight excluding hydrogens is 310 g/mol. The molecule has 0 aliphatic carbocycles. The van der Waals surface area contributed by atoms with Gasteiger partial charge in [-0.25, -0.2) is 9.78 Å². The Labute approximate surface area is 143 Å². The van der Waals surface area contributed by atoms with Crippen molar-refractivity contribution < 1.29 is 9.53 Å². The highest BCUT2D eigenvalue weighted by molar-refractivity contribution is 7.09. The van der Waals surface area contributed by atoms with Crippen molar-refractivity contribution in [2.75, 3.05) is 19.6 Å². The van der Waals surface area contributed by atoms with Crippen LogP contribution in [0.3, 0.4) is 0 Å². The highest BCUT2D eigenvalue weighted by atomic mass is 32.1. The fourth-order valence-corrected chi connectivity index (χ4v) is 3.43. The van der Waals surface area contributed by atoms with Crippen LogP contribution in [-0.2, 0) is 11.3 Å². The van der Waals surface area contributed by atoms with Crippen LogP contribution in [0.1, 0.15) is 51.2 Å². The molecule has 0 atom stereocenters. The molecule has 2 rings (SSSR count). The molecule has 1 aliphatic rings. The van der Waals surface area contributed by atoms with Crippen molar-refractivity contribution in [3.8, 4) is 0 Å². The van der Waals surface area contributed by atoms with Crippen LogP contribution in [0.5, 0.6) is 0 Å². The first kappa shape index (κ1) is 18.2. The van der Waals surface area contributed by atoms with Crippen molar-refractivity contribution in [2.45, 2.75) is 59.6 Å². The predicted octanol–water partition coefficient (Wildman–Crippen LogP) is 3.58. The van der Waals surface area contributed by atoms with Gasteiger partial charge in [0.1, 0.15) is 10.6 Å². The summed E-state index contributed by atoms with van der Waals surface area (Å²) in [7, 11) is 0. The topological polar surface area (TPSA) is 54.5 Å². The smallest absolute Gasteiger partial charge is 0.410 e. The van der Waals surface area contributed by atoms with Gasteiger partial charge in [-0.1, -0.05) is 6.92 Å². The Kier molecular flexibility index (Phi) is 5.68. The zero-order chi connectivity index (χ0) is 17.1. The number of carbonyl (C=O) groups is 1. The lowest BCUT2D eigenvalue weighted by molar-refractivity contribution is 0.0119. The zero-order valence-corrected chi connectivity index (χ0v) is 15.8. The summed E-state index contributed by atoms with van der Waals surface area (Å²) in [5.74, 6) is 0. The van der Waals surface area contributed by atoms with Crippen LogP contribution in [0, 0.1) is 12.3 Å². The van der Waals surface area contributed by atoms with Crippen LogP contribution >= 0.6 is 11.3 Å². The predicted molar refractivity (Wildman–Crippen MR) is 93.7 cm³/mol. The number of ether oxygens (including phenoxy) is 1. The fraction of sp³-hybridized carbons (Fsp3) is 0.765. The second kappa shape index (κ2) is 7.18. The number of rotatable bonds is 4. The van der Waals surface area contributed by atoms with Gasteiger partial charge in [0, 0.05) is 37.3 Å². The highest BCUT2D eigenvalue weighted by Gasteiger charge is 2.33. The second-order valence-electron chi connectivity index (χ2n) is 7.76. The number of aryl methyl sites for hydroxylation is 1. The number of nitrogens with zero attached hydrogens (tertiary/aromatic N) is 2. The SMILES string of the molecule is Cc1csc(CNCC2(C)CCN(C(=O)OC(C)(C)C)CC2)n1. The Balaban J connectivity index is 1.74. The first-order chi connectivity index (χ1) is 10.7. The van der Waals surface area contributed by atoms with Crippen LogP contribution < -0.4 is 5.32 Å². The molecule has 0 radical (unpaired) electrons.